The van der Waals surface area contributed by atoms with Gasteiger partial charge in [-0.1, -0.05) is 24.3 Å². The van der Waals surface area contributed by atoms with Gasteiger partial charge in [0, 0.05) is 31.7 Å². The summed E-state index contributed by atoms with van der Waals surface area (Å²) in [6.45, 7) is 5.32. The van der Waals surface area contributed by atoms with E-state index in [2.05, 4.69) is 4.72 Å². The van der Waals surface area contributed by atoms with Gasteiger partial charge < -0.3 is 9.80 Å². The first-order chi connectivity index (χ1) is 13.3. The molecule has 0 atom stereocenters. The van der Waals surface area contributed by atoms with Crippen LogP contribution in [-0.2, 0) is 14.8 Å². The van der Waals surface area contributed by atoms with E-state index in [9.17, 15) is 18.0 Å². The third-order valence-electron chi connectivity index (χ3n) is 4.86. The van der Waals surface area contributed by atoms with Crippen LogP contribution in [0.15, 0.2) is 47.4 Å². The molecule has 3 rings (SSSR count). The van der Waals surface area contributed by atoms with Gasteiger partial charge in [-0.15, -0.1) is 0 Å². The summed E-state index contributed by atoms with van der Waals surface area (Å²) in [7, 11) is -3.84. The van der Waals surface area contributed by atoms with E-state index in [1.807, 2.05) is 19.1 Å². The number of nitrogens with zero attached hydrogens (tertiary/aromatic N) is 2. The molecule has 0 saturated carbocycles. The first-order valence-corrected chi connectivity index (χ1v) is 10.5. The van der Waals surface area contributed by atoms with Crippen molar-refractivity contribution in [3.8, 4) is 0 Å². The van der Waals surface area contributed by atoms with E-state index in [-0.39, 0.29) is 10.8 Å². The van der Waals surface area contributed by atoms with E-state index in [4.69, 9.17) is 0 Å². The van der Waals surface area contributed by atoms with Crippen molar-refractivity contribution in [1.82, 2.24) is 9.80 Å². The maximum absolute atomic E-state index is 12.9. The lowest BCUT2D eigenvalue weighted by Crippen LogP contribution is -2.48. The molecule has 0 radical (unpaired) electrons. The van der Waals surface area contributed by atoms with Gasteiger partial charge in [-0.25, -0.2) is 8.42 Å². The molecule has 2 aromatic rings. The number of rotatable bonds is 5. The van der Waals surface area contributed by atoms with Gasteiger partial charge in [-0.2, -0.15) is 0 Å². The van der Waals surface area contributed by atoms with Crippen molar-refractivity contribution in [3.63, 3.8) is 0 Å². The molecule has 1 aliphatic heterocycles. The number of hydrogen-bond acceptors (Lipinski definition) is 4. The summed E-state index contributed by atoms with van der Waals surface area (Å²) in [5.41, 5.74) is 2.19. The average Bonchev–Trinajstić information content (AvgIpc) is 2.69. The van der Waals surface area contributed by atoms with Crippen molar-refractivity contribution < 1.29 is 18.0 Å². The highest BCUT2D eigenvalue weighted by atomic mass is 32.2. The van der Waals surface area contributed by atoms with Gasteiger partial charge in [0.05, 0.1) is 10.6 Å². The topological polar surface area (TPSA) is 86.8 Å². The minimum atomic E-state index is -3.84. The number of carbonyl (C=O) groups excluding carboxylic acids is 2. The third-order valence-corrected chi connectivity index (χ3v) is 6.37. The molecule has 0 bridgehead atoms. The Bertz CT molecular complexity index is 996. The summed E-state index contributed by atoms with van der Waals surface area (Å²) in [4.78, 5) is 26.9. The van der Waals surface area contributed by atoms with E-state index in [0.29, 0.717) is 43.0 Å². The predicted octanol–water partition coefficient (Wildman–Crippen LogP) is 2.02. The number of nitrogens with one attached hydrogen (secondary N) is 1. The van der Waals surface area contributed by atoms with Crippen LogP contribution in [0.1, 0.15) is 21.5 Å². The Hall–Kier alpha value is -2.87. The molecule has 0 aliphatic carbocycles. The predicted molar refractivity (Wildman–Crippen MR) is 107 cm³/mol. The summed E-state index contributed by atoms with van der Waals surface area (Å²) in [5.74, 6) is -0.238. The molecular formula is C20H23N3O4S. The zero-order valence-electron chi connectivity index (χ0n) is 15.9. The zero-order valence-corrected chi connectivity index (χ0v) is 16.7. The standard InChI is InChI=1S/C20H23N3O4S/c1-15-5-3-4-6-18(15)21-28(26,27)19-13-17(8-7-16(19)2)20(25)23-11-9-22(14-24)10-12-23/h3-8,13-14,21H,9-12H2,1-2H3. The number of benzene rings is 2. The van der Waals surface area contributed by atoms with Crippen molar-refractivity contribution in [3.05, 3.63) is 59.2 Å². The SMILES string of the molecule is Cc1ccccc1NS(=O)(=O)c1cc(C(=O)N2CCN(C=O)CC2)ccc1C. The van der Waals surface area contributed by atoms with Crippen molar-refractivity contribution in [2.24, 2.45) is 0 Å². The number of amides is 2. The van der Waals surface area contributed by atoms with E-state index in [0.717, 1.165) is 12.0 Å². The van der Waals surface area contributed by atoms with Gasteiger partial charge in [0.25, 0.3) is 15.9 Å². The lowest BCUT2D eigenvalue weighted by atomic mass is 10.1. The Kier molecular flexibility index (Phi) is 5.69. The monoisotopic (exact) mass is 401 g/mol. The van der Waals surface area contributed by atoms with E-state index >= 15 is 0 Å². The quantitative estimate of drug-likeness (QED) is 0.777. The minimum absolute atomic E-state index is 0.0770. The van der Waals surface area contributed by atoms with Gasteiger partial charge in [0.2, 0.25) is 6.41 Å². The summed E-state index contributed by atoms with van der Waals surface area (Å²) in [5, 5.41) is 0. The Morgan fingerprint density at radius 3 is 2.32 bits per heavy atom. The number of para-hydroxylation sites is 1. The lowest BCUT2D eigenvalue weighted by molar-refractivity contribution is -0.119. The summed E-state index contributed by atoms with van der Waals surface area (Å²) >= 11 is 0. The molecule has 1 fully saturated rings. The molecule has 28 heavy (non-hydrogen) atoms. The lowest BCUT2D eigenvalue weighted by Gasteiger charge is -2.32. The van der Waals surface area contributed by atoms with Crippen LogP contribution in [0, 0.1) is 13.8 Å². The molecule has 148 valence electrons. The van der Waals surface area contributed by atoms with Gasteiger partial charge in [0.15, 0.2) is 0 Å². The molecule has 2 amide bonds. The number of piperazine rings is 1. The van der Waals surface area contributed by atoms with Crippen LogP contribution in [0.5, 0.6) is 0 Å². The van der Waals surface area contributed by atoms with Gasteiger partial charge in [-0.3, -0.25) is 14.3 Å². The Balaban J connectivity index is 1.86. The molecule has 0 aromatic heterocycles. The second-order valence-corrected chi connectivity index (χ2v) is 8.49. The molecule has 1 saturated heterocycles. The van der Waals surface area contributed by atoms with Gasteiger partial charge >= 0.3 is 0 Å². The molecule has 0 unspecified atom stereocenters. The fourth-order valence-electron chi connectivity index (χ4n) is 3.12. The van der Waals surface area contributed by atoms with Crippen LogP contribution in [0.4, 0.5) is 5.69 Å². The van der Waals surface area contributed by atoms with Gasteiger partial charge in [-0.05, 0) is 43.2 Å². The second-order valence-electron chi connectivity index (χ2n) is 6.83. The molecule has 1 aliphatic rings. The number of hydrogen-bond donors (Lipinski definition) is 1. The fourth-order valence-corrected chi connectivity index (χ4v) is 4.53. The van der Waals surface area contributed by atoms with Crippen LogP contribution in [0.2, 0.25) is 0 Å². The zero-order chi connectivity index (χ0) is 20.3. The normalized spacial score (nSPS) is 14.6. The highest BCUT2D eigenvalue weighted by Crippen LogP contribution is 2.23. The third kappa shape index (κ3) is 4.17. The average molecular weight is 401 g/mol. The van der Waals surface area contributed by atoms with Gasteiger partial charge in [0.1, 0.15) is 0 Å². The minimum Gasteiger partial charge on any atom is -0.342 e. The van der Waals surface area contributed by atoms with E-state index < -0.39 is 10.0 Å². The largest absolute Gasteiger partial charge is 0.342 e. The molecule has 0 spiro atoms. The smallest absolute Gasteiger partial charge is 0.262 e. The molecule has 7 nitrogen and oxygen atoms in total. The van der Waals surface area contributed by atoms with Crippen LogP contribution < -0.4 is 4.72 Å². The Labute approximate surface area is 165 Å². The molecule has 1 N–H and O–H groups in total. The maximum Gasteiger partial charge on any atom is 0.262 e. The van der Waals surface area contributed by atoms with Crippen molar-refractivity contribution in [1.29, 1.82) is 0 Å². The highest BCUT2D eigenvalue weighted by Gasteiger charge is 2.24. The van der Waals surface area contributed by atoms with Crippen LogP contribution in [0.25, 0.3) is 0 Å². The number of anilines is 1. The number of carbonyl (C=O) groups is 2. The first kappa shape index (κ1) is 19.9. The molecular weight excluding hydrogens is 378 g/mol. The first-order valence-electron chi connectivity index (χ1n) is 8.99. The highest BCUT2D eigenvalue weighted by molar-refractivity contribution is 7.92. The van der Waals surface area contributed by atoms with Crippen LogP contribution in [-0.4, -0.2) is 56.7 Å². The summed E-state index contributed by atoms with van der Waals surface area (Å²) in [6.07, 6.45) is 0.773. The van der Waals surface area contributed by atoms with Crippen molar-refractivity contribution in [2.45, 2.75) is 18.7 Å². The van der Waals surface area contributed by atoms with E-state index in [1.54, 1.807) is 41.0 Å². The maximum atomic E-state index is 12.9. The molecule has 1 heterocycles. The van der Waals surface area contributed by atoms with Crippen molar-refractivity contribution >= 4 is 28.0 Å². The number of aryl methyl sites for hydroxylation is 2. The van der Waals surface area contributed by atoms with Crippen LogP contribution in [0.3, 0.4) is 0 Å². The number of sulfonamides is 1. The Morgan fingerprint density at radius 2 is 1.68 bits per heavy atom. The molecule has 8 heteroatoms. The van der Waals surface area contributed by atoms with Crippen molar-refractivity contribution in [2.75, 3.05) is 30.9 Å². The molecule has 2 aromatic carbocycles. The van der Waals surface area contributed by atoms with E-state index in [1.165, 1.54) is 6.07 Å². The Morgan fingerprint density at radius 1 is 1.00 bits per heavy atom. The second kappa shape index (κ2) is 8.02. The summed E-state index contributed by atoms with van der Waals surface area (Å²) < 4.78 is 28.5. The van der Waals surface area contributed by atoms with Crippen LogP contribution >= 0.6 is 0 Å². The fraction of sp³-hybridized carbons (Fsp3) is 0.300. The summed E-state index contributed by atoms with van der Waals surface area (Å²) in [6, 6.07) is 11.8.